The average Bonchev–Trinajstić information content (AvgIpc) is 3.40. The number of methoxy groups -OCH3 is 1. The fraction of sp³-hybridized carbons (Fsp3) is 0.526. The van der Waals surface area contributed by atoms with Crippen LogP contribution in [-0.4, -0.2) is 27.3 Å². The second-order valence-corrected chi connectivity index (χ2v) is 10.9. The van der Waals surface area contributed by atoms with Crippen LogP contribution in [0.4, 0.5) is 10.5 Å². The zero-order valence-corrected chi connectivity index (χ0v) is 18.4. The van der Waals surface area contributed by atoms with Gasteiger partial charge in [-0.1, -0.05) is 0 Å². The number of urea groups is 1. The number of ether oxygens (including phenoxy) is 1. The molecule has 2 heterocycles. The summed E-state index contributed by atoms with van der Waals surface area (Å²) in [5.74, 6) is 0. The Labute approximate surface area is 174 Å². The molecule has 2 aromatic rings. The minimum atomic E-state index is -3.41. The molecule has 0 radical (unpaired) electrons. The van der Waals surface area contributed by atoms with Gasteiger partial charge in [-0.2, -0.15) is 0 Å². The first-order valence-electron chi connectivity index (χ1n) is 9.62. The number of pyridine rings is 1. The summed E-state index contributed by atoms with van der Waals surface area (Å²) in [6, 6.07) is -0.701. The van der Waals surface area contributed by atoms with E-state index >= 15 is 0 Å². The molecule has 0 saturated carbocycles. The molecule has 0 spiro atoms. The smallest absolute Gasteiger partial charge is 0.354 e. The zero-order chi connectivity index (χ0) is 20.8. The van der Waals surface area contributed by atoms with Crippen LogP contribution in [0, 0.1) is 0 Å². The van der Waals surface area contributed by atoms with Crippen molar-refractivity contribution in [2.45, 2.75) is 62.2 Å². The summed E-state index contributed by atoms with van der Waals surface area (Å²) in [6.45, 7) is 3.70. The predicted octanol–water partition coefficient (Wildman–Crippen LogP) is 3.33. The SMILES string of the molecule is COC(C)(C)c1ncc(S(N)(=O)=NC(=O)Nc2c3c(nc4c2CCC4)CCC3)s1. The number of hydrogen-bond acceptors (Lipinski definition) is 6. The summed E-state index contributed by atoms with van der Waals surface area (Å²) >= 11 is 1.14. The minimum Gasteiger partial charge on any atom is -0.372 e. The third-order valence-electron chi connectivity index (χ3n) is 5.50. The lowest BCUT2D eigenvalue weighted by Gasteiger charge is -2.19. The van der Waals surface area contributed by atoms with Crippen LogP contribution in [0.25, 0.3) is 0 Å². The van der Waals surface area contributed by atoms with Crippen LogP contribution in [-0.2, 0) is 45.9 Å². The molecule has 156 valence electrons. The van der Waals surface area contributed by atoms with Gasteiger partial charge >= 0.3 is 6.03 Å². The molecular weight excluding hydrogens is 410 g/mol. The Balaban J connectivity index is 1.63. The summed E-state index contributed by atoms with van der Waals surface area (Å²) < 4.78 is 22.4. The maximum atomic E-state index is 13.0. The molecule has 3 N–H and O–H groups in total. The molecule has 2 aromatic heterocycles. The van der Waals surface area contributed by atoms with E-state index in [0.717, 1.165) is 78.1 Å². The lowest BCUT2D eigenvalue weighted by molar-refractivity contribution is 0.0190. The topological polar surface area (TPSA) is 120 Å². The van der Waals surface area contributed by atoms with Crippen molar-refractivity contribution in [3.05, 3.63) is 33.7 Å². The van der Waals surface area contributed by atoms with Crippen molar-refractivity contribution in [1.29, 1.82) is 0 Å². The van der Waals surface area contributed by atoms with E-state index in [0.29, 0.717) is 5.01 Å². The number of nitrogens with one attached hydrogen (secondary N) is 1. The number of nitrogens with zero attached hydrogens (tertiary/aromatic N) is 3. The standard InChI is InChI=1S/C19H25N5O3S2/c1-19(2,27-3)17-21-10-15(28-17)29(20,26)24-18(25)23-16-11-6-4-8-13(11)22-14-9-5-7-12(14)16/h10H,4-9H2,1-3H3,(H3,20,22,23,24,25,26). The van der Waals surface area contributed by atoms with Crippen molar-refractivity contribution in [2.75, 3.05) is 12.4 Å². The zero-order valence-electron chi connectivity index (χ0n) is 16.8. The Morgan fingerprint density at radius 3 is 2.45 bits per heavy atom. The first kappa shape index (κ1) is 20.4. The van der Waals surface area contributed by atoms with Gasteiger partial charge in [0, 0.05) is 18.5 Å². The third-order valence-corrected chi connectivity index (χ3v) is 8.68. The van der Waals surface area contributed by atoms with E-state index in [2.05, 4.69) is 14.7 Å². The molecule has 0 aromatic carbocycles. The normalized spacial score (nSPS) is 17.5. The Kier molecular flexibility index (Phi) is 5.22. The first-order chi connectivity index (χ1) is 13.7. The van der Waals surface area contributed by atoms with Crippen molar-refractivity contribution in [3.63, 3.8) is 0 Å². The van der Waals surface area contributed by atoms with E-state index in [4.69, 9.17) is 14.9 Å². The number of hydrogen-bond donors (Lipinski definition) is 2. The van der Waals surface area contributed by atoms with E-state index in [1.54, 1.807) is 7.11 Å². The summed E-state index contributed by atoms with van der Waals surface area (Å²) in [5, 5.41) is 9.42. The second kappa shape index (κ2) is 7.42. The van der Waals surface area contributed by atoms with Gasteiger partial charge in [-0.25, -0.2) is 19.1 Å². The molecule has 2 amide bonds. The molecule has 2 aliphatic carbocycles. The van der Waals surface area contributed by atoms with Gasteiger partial charge in [-0.05, 0) is 63.5 Å². The Morgan fingerprint density at radius 2 is 1.86 bits per heavy atom. The number of nitrogens with two attached hydrogens (primary N) is 1. The first-order valence-corrected chi connectivity index (χ1v) is 12.0. The van der Waals surface area contributed by atoms with Crippen LogP contribution < -0.4 is 10.5 Å². The number of thiazole rings is 1. The highest BCUT2D eigenvalue weighted by molar-refractivity contribution is 7.93. The number of aryl methyl sites for hydroxylation is 2. The lowest BCUT2D eigenvalue weighted by Crippen LogP contribution is -2.19. The second-order valence-electron chi connectivity index (χ2n) is 7.83. The molecule has 10 heteroatoms. The maximum absolute atomic E-state index is 13.0. The highest BCUT2D eigenvalue weighted by Gasteiger charge is 2.28. The van der Waals surface area contributed by atoms with Gasteiger partial charge in [0.15, 0.2) is 9.92 Å². The molecule has 29 heavy (non-hydrogen) atoms. The van der Waals surface area contributed by atoms with Crippen molar-refractivity contribution >= 4 is 33.0 Å². The van der Waals surface area contributed by atoms with Crippen LogP contribution >= 0.6 is 11.3 Å². The largest absolute Gasteiger partial charge is 0.372 e. The van der Waals surface area contributed by atoms with Crippen LogP contribution in [0.3, 0.4) is 0 Å². The quantitative estimate of drug-likeness (QED) is 0.763. The number of carbonyl (C=O) groups is 1. The van der Waals surface area contributed by atoms with E-state index < -0.39 is 21.5 Å². The number of fused-ring (bicyclic) bond motifs is 2. The lowest BCUT2D eigenvalue weighted by atomic mass is 10.1. The van der Waals surface area contributed by atoms with E-state index in [1.807, 2.05) is 13.8 Å². The number of aromatic nitrogens is 2. The van der Waals surface area contributed by atoms with Crippen molar-refractivity contribution in [3.8, 4) is 0 Å². The van der Waals surface area contributed by atoms with Crippen molar-refractivity contribution < 1.29 is 13.7 Å². The van der Waals surface area contributed by atoms with Gasteiger partial charge in [0.1, 0.15) is 14.8 Å². The minimum absolute atomic E-state index is 0.248. The molecule has 1 atom stereocenters. The predicted molar refractivity (Wildman–Crippen MR) is 112 cm³/mol. The molecule has 1 unspecified atom stereocenters. The maximum Gasteiger partial charge on any atom is 0.354 e. The molecule has 4 rings (SSSR count). The molecule has 8 nitrogen and oxygen atoms in total. The molecule has 0 bridgehead atoms. The molecule has 2 aliphatic rings. The number of amides is 2. The van der Waals surface area contributed by atoms with E-state index in [9.17, 15) is 9.00 Å². The number of anilines is 1. The van der Waals surface area contributed by atoms with Gasteiger partial charge in [0.2, 0.25) is 0 Å². The van der Waals surface area contributed by atoms with Crippen LogP contribution in [0.5, 0.6) is 0 Å². The Bertz CT molecular complexity index is 1070. The van der Waals surface area contributed by atoms with Gasteiger partial charge in [-0.3, -0.25) is 4.98 Å². The number of rotatable bonds is 4. The fourth-order valence-corrected chi connectivity index (χ4v) is 5.94. The Morgan fingerprint density at radius 1 is 1.24 bits per heavy atom. The molecule has 0 saturated heterocycles. The van der Waals surface area contributed by atoms with Crippen molar-refractivity contribution in [2.24, 2.45) is 9.50 Å². The van der Waals surface area contributed by atoms with Gasteiger partial charge in [0.25, 0.3) is 0 Å². The van der Waals surface area contributed by atoms with Gasteiger partial charge in [-0.15, -0.1) is 15.7 Å². The van der Waals surface area contributed by atoms with E-state index in [1.165, 1.54) is 6.20 Å². The number of carbonyl (C=O) groups excluding carboxylic acids is 1. The monoisotopic (exact) mass is 435 g/mol. The highest BCUT2D eigenvalue weighted by atomic mass is 32.2. The molecule has 0 fully saturated rings. The summed E-state index contributed by atoms with van der Waals surface area (Å²) in [4.78, 5) is 21.7. The van der Waals surface area contributed by atoms with Crippen LogP contribution in [0.15, 0.2) is 14.8 Å². The van der Waals surface area contributed by atoms with E-state index in [-0.39, 0.29) is 4.21 Å². The Hall–Kier alpha value is -1.88. The molecule has 0 aliphatic heterocycles. The van der Waals surface area contributed by atoms with Gasteiger partial charge in [0.05, 0.1) is 11.9 Å². The molecular formula is C19H25N5O3S2. The average molecular weight is 436 g/mol. The highest BCUT2D eigenvalue weighted by Crippen LogP contribution is 2.37. The van der Waals surface area contributed by atoms with Crippen LogP contribution in [0.1, 0.15) is 54.2 Å². The fourth-order valence-electron chi connectivity index (χ4n) is 3.79. The van der Waals surface area contributed by atoms with Crippen LogP contribution in [0.2, 0.25) is 0 Å². The van der Waals surface area contributed by atoms with Crippen molar-refractivity contribution in [1.82, 2.24) is 9.97 Å². The summed E-state index contributed by atoms with van der Waals surface area (Å²) in [7, 11) is -1.83. The van der Waals surface area contributed by atoms with Gasteiger partial charge < -0.3 is 10.1 Å². The summed E-state index contributed by atoms with van der Waals surface area (Å²) in [6.07, 6.45) is 7.07. The third kappa shape index (κ3) is 3.81. The summed E-state index contributed by atoms with van der Waals surface area (Å²) in [5.41, 5.74) is 4.44.